The van der Waals surface area contributed by atoms with E-state index in [2.05, 4.69) is 16.3 Å². The van der Waals surface area contributed by atoms with Gasteiger partial charge in [-0.3, -0.25) is 9.69 Å². The molecule has 0 radical (unpaired) electrons. The monoisotopic (exact) mass is 259 g/mol. The van der Waals surface area contributed by atoms with E-state index in [0.29, 0.717) is 11.6 Å². The van der Waals surface area contributed by atoms with Crippen LogP contribution in [0, 0.1) is 5.92 Å². The van der Waals surface area contributed by atoms with E-state index in [-0.39, 0.29) is 5.91 Å². The molecule has 2 saturated heterocycles. The minimum Gasteiger partial charge on any atom is -0.366 e. The molecule has 19 heavy (non-hydrogen) atoms. The van der Waals surface area contributed by atoms with Crippen molar-refractivity contribution in [3.63, 3.8) is 0 Å². The third kappa shape index (κ3) is 2.80. The van der Waals surface area contributed by atoms with Crippen molar-refractivity contribution in [2.75, 3.05) is 19.6 Å². The molecule has 4 heteroatoms. The number of benzene rings is 1. The molecule has 2 aliphatic rings. The summed E-state index contributed by atoms with van der Waals surface area (Å²) in [6, 6.07) is 8.33. The quantitative estimate of drug-likeness (QED) is 0.850. The molecule has 1 aromatic carbocycles. The summed E-state index contributed by atoms with van der Waals surface area (Å²) in [7, 11) is 0. The summed E-state index contributed by atoms with van der Waals surface area (Å²) in [5, 5.41) is 3.61. The van der Waals surface area contributed by atoms with E-state index in [9.17, 15) is 4.79 Å². The zero-order chi connectivity index (χ0) is 13.2. The van der Waals surface area contributed by atoms with Crippen LogP contribution in [-0.4, -0.2) is 36.5 Å². The van der Waals surface area contributed by atoms with Crippen molar-refractivity contribution in [2.45, 2.75) is 25.4 Å². The van der Waals surface area contributed by atoms with Gasteiger partial charge in [-0.2, -0.15) is 0 Å². The number of likely N-dealkylation sites (tertiary alicyclic amines) is 1. The van der Waals surface area contributed by atoms with E-state index in [4.69, 9.17) is 5.73 Å². The van der Waals surface area contributed by atoms with Gasteiger partial charge in [0.05, 0.1) is 0 Å². The summed E-state index contributed by atoms with van der Waals surface area (Å²) < 4.78 is 0. The highest BCUT2D eigenvalue weighted by Gasteiger charge is 2.33. The van der Waals surface area contributed by atoms with Crippen molar-refractivity contribution in [1.29, 1.82) is 0 Å². The molecule has 2 aliphatic heterocycles. The number of hydrogen-bond acceptors (Lipinski definition) is 3. The van der Waals surface area contributed by atoms with E-state index >= 15 is 0 Å². The van der Waals surface area contributed by atoms with Gasteiger partial charge in [0.1, 0.15) is 0 Å². The lowest BCUT2D eigenvalue weighted by Crippen LogP contribution is -2.40. The first kappa shape index (κ1) is 12.6. The number of rotatable bonds is 3. The SMILES string of the molecule is NC(=O)c1cccc(CN2C[C@@H]3CCCN[C@@H]3C2)c1. The van der Waals surface area contributed by atoms with Gasteiger partial charge in [0, 0.05) is 31.2 Å². The summed E-state index contributed by atoms with van der Waals surface area (Å²) in [4.78, 5) is 13.7. The van der Waals surface area contributed by atoms with Crippen LogP contribution in [0.4, 0.5) is 0 Å². The van der Waals surface area contributed by atoms with Gasteiger partial charge in [0.25, 0.3) is 0 Å². The van der Waals surface area contributed by atoms with Crippen molar-refractivity contribution in [3.05, 3.63) is 35.4 Å². The largest absolute Gasteiger partial charge is 0.366 e. The fraction of sp³-hybridized carbons (Fsp3) is 0.533. The molecule has 2 heterocycles. The molecule has 4 nitrogen and oxygen atoms in total. The normalized spacial score (nSPS) is 27.2. The smallest absolute Gasteiger partial charge is 0.248 e. The Hall–Kier alpha value is -1.39. The number of carbonyl (C=O) groups is 1. The van der Waals surface area contributed by atoms with Crippen LogP contribution in [0.1, 0.15) is 28.8 Å². The fourth-order valence-electron chi connectivity index (χ4n) is 3.35. The van der Waals surface area contributed by atoms with Crippen LogP contribution < -0.4 is 11.1 Å². The first-order valence-corrected chi connectivity index (χ1v) is 7.07. The Morgan fingerprint density at radius 1 is 1.42 bits per heavy atom. The molecule has 0 aromatic heterocycles. The van der Waals surface area contributed by atoms with Gasteiger partial charge >= 0.3 is 0 Å². The third-order valence-corrected chi connectivity index (χ3v) is 4.29. The summed E-state index contributed by atoms with van der Waals surface area (Å²) in [6.07, 6.45) is 2.64. The van der Waals surface area contributed by atoms with Gasteiger partial charge in [0.15, 0.2) is 0 Å². The highest BCUT2D eigenvalue weighted by Crippen LogP contribution is 2.26. The van der Waals surface area contributed by atoms with Crippen molar-refractivity contribution in [2.24, 2.45) is 11.7 Å². The maximum Gasteiger partial charge on any atom is 0.248 e. The first-order valence-electron chi connectivity index (χ1n) is 7.07. The Bertz CT molecular complexity index is 460. The predicted octanol–water partition coefficient (Wildman–Crippen LogP) is 0.969. The standard InChI is InChI=1S/C15H21N3O/c16-15(19)12-4-1-3-11(7-12)8-18-9-13-5-2-6-17-14(13)10-18/h1,3-4,7,13-14,17H,2,5-6,8-10H2,(H2,16,19)/t13-,14+/m0/s1. The van der Waals surface area contributed by atoms with Crippen LogP contribution >= 0.6 is 0 Å². The number of primary amides is 1. The van der Waals surface area contributed by atoms with Gasteiger partial charge in [-0.1, -0.05) is 12.1 Å². The molecule has 102 valence electrons. The molecule has 0 spiro atoms. The summed E-state index contributed by atoms with van der Waals surface area (Å²) >= 11 is 0. The predicted molar refractivity (Wildman–Crippen MR) is 74.8 cm³/mol. The van der Waals surface area contributed by atoms with Crippen molar-refractivity contribution >= 4 is 5.91 Å². The topological polar surface area (TPSA) is 58.4 Å². The number of nitrogens with zero attached hydrogens (tertiary/aromatic N) is 1. The van der Waals surface area contributed by atoms with Gasteiger partial charge in [-0.25, -0.2) is 0 Å². The molecule has 3 rings (SSSR count). The van der Waals surface area contributed by atoms with Crippen LogP contribution in [0.3, 0.4) is 0 Å². The number of hydrogen-bond donors (Lipinski definition) is 2. The number of carbonyl (C=O) groups excluding carboxylic acids is 1. The molecular formula is C15H21N3O. The number of piperidine rings is 1. The molecule has 1 aromatic rings. The molecule has 0 unspecified atom stereocenters. The summed E-state index contributed by atoms with van der Waals surface area (Å²) in [5.41, 5.74) is 7.10. The Morgan fingerprint density at radius 2 is 2.32 bits per heavy atom. The molecule has 0 aliphatic carbocycles. The summed E-state index contributed by atoms with van der Waals surface area (Å²) in [5.74, 6) is 0.451. The minimum absolute atomic E-state index is 0.349. The maximum atomic E-state index is 11.2. The molecule has 0 bridgehead atoms. The Kier molecular flexibility index (Phi) is 3.53. The third-order valence-electron chi connectivity index (χ3n) is 4.29. The molecule has 1 amide bonds. The van der Waals surface area contributed by atoms with E-state index in [1.54, 1.807) is 6.07 Å². The van der Waals surface area contributed by atoms with Crippen molar-refractivity contribution in [3.8, 4) is 0 Å². The van der Waals surface area contributed by atoms with Crippen molar-refractivity contribution in [1.82, 2.24) is 10.2 Å². The highest BCUT2D eigenvalue weighted by atomic mass is 16.1. The summed E-state index contributed by atoms with van der Waals surface area (Å²) in [6.45, 7) is 4.35. The van der Waals surface area contributed by atoms with Crippen LogP contribution in [0.15, 0.2) is 24.3 Å². The molecule has 3 N–H and O–H groups in total. The van der Waals surface area contributed by atoms with Gasteiger partial charge in [-0.05, 0) is 43.0 Å². The number of nitrogens with one attached hydrogen (secondary N) is 1. The van der Waals surface area contributed by atoms with Gasteiger partial charge in [-0.15, -0.1) is 0 Å². The zero-order valence-corrected chi connectivity index (χ0v) is 11.1. The van der Waals surface area contributed by atoms with Gasteiger partial charge in [0.2, 0.25) is 5.91 Å². The van der Waals surface area contributed by atoms with E-state index in [1.807, 2.05) is 12.1 Å². The van der Waals surface area contributed by atoms with Gasteiger partial charge < -0.3 is 11.1 Å². The minimum atomic E-state index is -0.349. The number of fused-ring (bicyclic) bond motifs is 1. The van der Waals surface area contributed by atoms with Crippen molar-refractivity contribution < 1.29 is 4.79 Å². The average Bonchev–Trinajstić information content (AvgIpc) is 2.81. The molecule has 2 fully saturated rings. The number of amides is 1. The molecular weight excluding hydrogens is 238 g/mol. The lowest BCUT2D eigenvalue weighted by Gasteiger charge is -2.24. The van der Waals surface area contributed by atoms with Crippen LogP contribution in [0.25, 0.3) is 0 Å². The molecule has 0 saturated carbocycles. The van der Waals surface area contributed by atoms with E-state index < -0.39 is 0 Å². The van der Waals surface area contributed by atoms with Crippen LogP contribution in [-0.2, 0) is 6.54 Å². The van der Waals surface area contributed by atoms with Crippen LogP contribution in [0.5, 0.6) is 0 Å². The fourth-order valence-corrected chi connectivity index (χ4v) is 3.35. The zero-order valence-electron chi connectivity index (χ0n) is 11.1. The average molecular weight is 259 g/mol. The second-order valence-electron chi connectivity index (χ2n) is 5.72. The second kappa shape index (κ2) is 5.31. The van der Waals surface area contributed by atoms with E-state index in [1.165, 1.54) is 24.9 Å². The Morgan fingerprint density at radius 3 is 3.11 bits per heavy atom. The lowest BCUT2D eigenvalue weighted by molar-refractivity contribution is 0.1000. The highest BCUT2D eigenvalue weighted by molar-refractivity contribution is 5.92. The number of nitrogens with two attached hydrogens (primary N) is 1. The Labute approximate surface area is 114 Å². The first-order chi connectivity index (χ1) is 9.22. The van der Waals surface area contributed by atoms with Crippen LogP contribution in [0.2, 0.25) is 0 Å². The van der Waals surface area contributed by atoms with E-state index in [0.717, 1.165) is 25.6 Å². The molecule has 2 atom stereocenters. The Balaban J connectivity index is 1.65. The maximum absolute atomic E-state index is 11.2. The lowest BCUT2D eigenvalue weighted by atomic mass is 9.94. The second-order valence-corrected chi connectivity index (χ2v) is 5.72.